The van der Waals surface area contributed by atoms with Crippen molar-refractivity contribution in [1.82, 2.24) is 0 Å². The second kappa shape index (κ2) is 3.37. The highest BCUT2D eigenvalue weighted by atomic mass is 14.1. The monoisotopic (exact) mass is 171 g/mol. The standard InChI is InChI=1S/C13H15/c1-10-8-12-6-4-3-5-7-13(12)9-11(10)2/h7-9H,3-4,6H2,1-2H3. The molecule has 0 atom stereocenters. The van der Waals surface area contributed by atoms with Gasteiger partial charge in [0.15, 0.2) is 0 Å². The maximum absolute atomic E-state index is 3.33. The van der Waals surface area contributed by atoms with E-state index in [1.165, 1.54) is 35.1 Å². The van der Waals surface area contributed by atoms with E-state index in [0.717, 1.165) is 6.42 Å². The fourth-order valence-corrected chi connectivity index (χ4v) is 1.81. The molecule has 0 unspecified atom stereocenters. The van der Waals surface area contributed by atoms with Gasteiger partial charge in [0.05, 0.1) is 0 Å². The zero-order chi connectivity index (χ0) is 9.26. The Morgan fingerprint density at radius 2 is 1.92 bits per heavy atom. The van der Waals surface area contributed by atoms with Crippen molar-refractivity contribution in [2.45, 2.75) is 33.1 Å². The second-order valence-electron chi connectivity index (χ2n) is 3.84. The molecule has 2 rings (SSSR count). The van der Waals surface area contributed by atoms with E-state index in [1.807, 2.05) is 0 Å². The molecule has 0 N–H and O–H groups in total. The summed E-state index contributed by atoms with van der Waals surface area (Å²) in [5.41, 5.74) is 5.67. The van der Waals surface area contributed by atoms with E-state index in [2.05, 4.69) is 38.1 Å². The normalized spacial score (nSPS) is 15.2. The summed E-state index contributed by atoms with van der Waals surface area (Å²) < 4.78 is 0. The quantitative estimate of drug-likeness (QED) is 0.561. The van der Waals surface area contributed by atoms with Gasteiger partial charge < -0.3 is 0 Å². The molecule has 1 aromatic carbocycles. The predicted octanol–water partition coefficient (Wildman–Crippen LogP) is 3.46. The molecule has 0 nitrogen and oxygen atoms in total. The lowest BCUT2D eigenvalue weighted by molar-refractivity contribution is 0.840. The topological polar surface area (TPSA) is 0 Å². The van der Waals surface area contributed by atoms with Gasteiger partial charge >= 0.3 is 0 Å². The van der Waals surface area contributed by atoms with Gasteiger partial charge in [-0.1, -0.05) is 18.2 Å². The fraction of sp³-hybridized carbons (Fsp3) is 0.385. The van der Waals surface area contributed by atoms with Crippen molar-refractivity contribution in [3.63, 3.8) is 0 Å². The van der Waals surface area contributed by atoms with Gasteiger partial charge in [-0.25, -0.2) is 0 Å². The van der Waals surface area contributed by atoms with Crippen molar-refractivity contribution in [2.75, 3.05) is 0 Å². The first-order valence-electron chi connectivity index (χ1n) is 4.94. The molecule has 0 saturated heterocycles. The van der Waals surface area contributed by atoms with E-state index < -0.39 is 0 Å². The number of rotatable bonds is 0. The summed E-state index contributed by atoms with van der Waals surface area (Å²) in [6, 6.07) is 4.61. The van der Waals surface area contributed by atoms with Crippen LogP contribution in [0.25, 0.3) is 6.08 Å². The molecule has 13 heavy (non-hydrogen) atoms. The van der Waals surface area contributed by atoms with Crippen molar-refractivity contribution in [3.8, 4) is 0 Å². The molecule has 67 valence electrons. The van der Waals surface area contributed by atoms with E-state index >= 15 is 0 Å². The molecule has 0 heteroatoms. The number of benzene rings is 1. The fourth-order valence-electron chi connectivity index (χ4n) is 1.81. The summed E-state index contributed by atoms with van der Waals surface area (Å²) in [4.78, 5) is 0. The summed E-state index contributed by atoms with van der Waals surface area (Å²) in [6.07, 6.45) is 9.03. The zero-order valence-corrected chi connectivity index (χ0v) is 8.35. The van der Waals surface area contributed by atoms with E-state index in [1.54, 1.807) is 0 Å². The smallest absolute Gasteiger partial charge is 0.0219 e. The highest BCUT2D eigenvalue weighted by Crippen LogP contribution is 2.21. The van der Waals surface area contributed by atoms with Gasteiger partial charge in [-0.05, 0) is 61.4 Å². The van der Waals surface area contributed by atoms with Crippen LogP contribution in [-0.2, 0) is 6.42 Å². The minimum atomic E-state index is 1.10. The lowest BCUT2D eigenvalue weighted by atomic mass is 9.98. The SMILES string of the molecule is Cc1cc2c(cc1C)CCC[C]=C2. The van der Waals surface area contributed by atoms with Gasteiger partial charge in [0.1, 0.15) is 0 Å². The third-order valence-corrected chi connectivity index (χ3v) is 2.78. The van der Waals surface area contributed by atoms with E-state index in [4.69, 9.17) is 0 Å². The number of hydrogen-bond acceptors (Lipinski definition) is 0. The van der Waals surface area contributed by atoms with E-state index in [-0.39, 0.29) is 0 Å². The first kappa shape index (κ1) is 8.55. The minimum Gasteiger partial charge on any atom is -0.0552 e. The molecule has 1 aromatic rings. The average molecular weight is 171 g/mol. The highest BCUT2D eigenvalue weighted by molar-refractivity contribution is 5.56. The zero-order valence-electron chi connectivity index (χ0n) is 8.35. The van der Waals surface area contributed by atoms with Crippen LogP contribution < -0.4 is 0 Å². The lowest BCUT2D eigenvalue weighted by Crippen LogP contribution is -1.91. The average Bonchev–Trinajstić information content (AvgIpc) is 2.31. The third-order valence-electron chi connectivity index (χ3n) is 2.78. The van der Waals surface area contributed by atoms with Crippen molar-refractivity contribution in [3.05, 3.63) is 40.5 Å². The highest BCUT2D eigenvalue weighted by Gasteiger charge is 2.05. The molecule has 0 amide bonds. The van der Waals surface area contributed by atoms with Gasteiger partial charge in [-0.2, -0.15) is 0 Å². The number of aryl methyl sites for hydroxylation is 3. The Bertz CT molecular complexity index is 345. The van der Waals surface area contributed by atoms with Crippen molar-refractivity contribution < 1.29 is 0 Å². The van der Waals surface area contributed by atoms with E-state index in [9.17, 15) is 0 Å². The maximum Gasteiger partial charge on any atom is -0.0219 e. The van der Waals surface area contributed by atoms with Gasteiger partial charge in [0, 0.05) is 0 Å². The Morgan fingerprint density at radius 3 is 2.77 bits per heavy atom. The molecule has 0 bridgehead atoms. The minimum absolute atomic E-state index is 1.10. The van der Waals surface area contributed by atoms with Crippen LogP contribution in [-0.4, -0.2) is 0 Å². The molecule has 0 aromatic heterocycles. The number of fused-ring (bicyclic) bond motifs is 1. The molecule has 1 radical (unpaired) electrons. The molecule has 1 aliphatic carbocycles. The van der Waals surface area contributed by atoms with Crippen molar-refractivity contribution >= 4 is 6.08 Å². The largest absolute Gasteiger partial charge is 0.0552 e. The Morgan fingerprint density at radius 1 is 1.15 bits per heavy atom. The molecule has 1 aliphatic rings. The van der Waals surface area contributed by atoms with Crippen LogP contribution in [0.3, 0.4) is 0 Å². The van der Waals surface area contributed by atoms with Gasteiger partial charge in [0.2, 0.25) is 0 Å². The molecular weight excluding hydrogens is 156 g/mol. The predicted molar refractivity (Wildman–Crippen MR) is 56.6 cm³/mol. The summed E-state index contributed by atoms with van der Waals surface area (Å²) in [7, 11) is 0. The van der Waals surface area contributed by atoms with Gasteiger partial charge in [-0.3, -0.25) is 0 Å². The van der Waals surface area contributed by atoms with Crippen LogP contribution in [0.4, 0.5) is 0 Å². The van der Waals surface area contributed by atoms with Gasteiger partial charge in [0.25, 0.3) is 0 Å². The van der Waals surface area contributed by atoms with Crippen LogP contribution >= 0.6 is 0 Å². The van der Waals surface area contributed by atoms with E-state index in [0.29, 0.717) is 0 Å². The molecule has 0 fully saturated rings. The molecule has 0 saturated carbocycles. The summed E-state index contributed by atoms with van der Waals surface area (Å²) in [6.45, 7) is 4.36. The Kier molecular flexibility index (Phi) is 2.22. The number of hydrogen-bond donors (Lipinski definition) is 0. The lowest BCUT2D eigenvalue weighted by Gasteiger charge is -2.07. The first-order chi connectivity index (χ1) is 6.27. The van der Waals surface area contributed by atoms with Crippen molar-refractivity contribution in [2.24, 2.45) is 0 Å². The summed E-state index contributed by atoms with van der Waals surface area (Å²) in [5, 5.41) is 0. The Hall–Kier alpha value is -1.04. The number of allylic oxidation sites excluding steroid dienone is 1. The molecule has 0 heterocycles. The molecule has 0 aliphatic heterocycles. The van der Waals surface area contributed by atoms with Gasteiger partial charge in [-0.15, -0.1) is 0 Å². The summed E-state index contributed by atoms with van der Waals surface area (Å²) in [5.74, 6) is 0. The third kappa shape index (κ3) is 1.67. The van der Waals surface area contributed by atoms with Crippen LogP contribution in [0.1, 0.15) is 35.1 Å². The van der Waals surface area contributed by atoms with Crippen LogP contribution in [0.15, 0.2) is 12.1 Å². The Labute approximate surface area is 80.3 Å². The van der Waals surface area contributed by atoms with Crippen molar-refractivity contribution in [1.29, 1.82) is 0 Å². The molecule has 0 spiro atoms. The summed E-state index contributed by atoms with van der Waals surface area (Å²) >= 11 is 0. The maximum atomic E-state index is 3.33. The second-order valence-corrected chi connectivity index (χ2v) is 3.84. The first-order valence-corrected chi connectivity index (χ1v) is 4.94. The van der Waals surface area contributed by atoms with Crippen LogP contribution in [0, 0.1) is 19.9 Å². The molecular formula is C13H15. The van der Waals surface area contributed by atoms with Crippen LogP contribution in [0.2, 0.25) is 0 Å². The Balaban J connectivity index is 2.52. The van der Waals surface area contributed by atoms with Crippen LogP contribution in [0.5, 0.6) is 0 Å².